The Labute approximate surface area is 106 Å². The summed E-state index contributed by atoms with van der Waals surface area (Å²) in [6.45, 7) is 3.11. The molecule has 2 heterocycles. The van der Waals surface area contributed by atoms with Gasteiger partial charge in [-0.1, -0.05) is 24.3 Å². The second-order valence-electron chi connectivity index (χ2n) is 4.83. The van der Waals surface area contributed by atoms with Gasteiger partial charge in [-0.3, -0.25) is 0 Å². The van der Waals surface area contributed by atoms with Crippen LogP contribution in [0.25, 0.3) is 10.8 Å². The predicted octanol–water partition coefficient (Wildman–Crippen LogP) is 1.90. The van der Waals surface area contributed by atoms with E-state index in [1.54, 1.807) is 0 Å². The molecule has 1 fully saturated rings. The van der Waals surface area contributed by atoms with Crippen molar-refractivity contribution in [3.05, 3.63) is 30.0 Å². The van der Waals surface area contributed by atoms with Crippen molar-refractivity contribution in [2.75, 3.05) is 18.1 Å². The number of rotatable bonds is 2. The van der Waals surface area contributed by atoms with Crippen LogP contribution in [0.1, 0.15) is 18.5 Å². The van der Waals surface area contributed by atoms with Crippen LogP contribution in [0.4, 0.5) is 5.82 Å². The highest BCUT2D eigenvalue weighted by Gasteiger charge is 2.26. The number of aromatic nitrogens is 2. The zero-order valence-corrected chi connectivity index (χ0v) is 10.5. The molecule has 0 spiro atoms. The molecular weight excluding hydrogens is 226 g/mol. The molecular formula is C14H17N3O. The highest BCUT2D eigenvalue weighted by Crippen LogP contribution is 2.30. The number of fused-ring (bicyclic) bond motifs is 1. The zero-order valence-electron chi connectivity index (χ0n) is 10.5. The lowest BCUT2D eigenvalue weighted by Gasteiger charge is -2.25. The van der Waals surface area contributed by atoms with E-state index in [-0.39, 0.29) is 12.6 Å². The minimum atomic E-state index is 0.184. The van der Waals surface area contributed by atoms with E-state index < -0.39 is 0 Å². The van der Waals surface area contributed by atoms with Crippen LogP contribution in [0.2, 0.25) is 0 Å². The molecule has 4 nitrogen and oxygen atoms in total. The molecule has 1 N–H and O–H groups in total. The third-order valence-electron chi connectivity index (χ3n) is 3.71. The number of hydrogen-bond donors (Lipinski definition) is 1. The molecule has 1 atom stereocenters. The summed E-state index contributed by atoms with van der Waals surface area (Å²) < 4.78 is 0. The van der Waals surface area contributed by atoms with Crippen molar-refractivity contribution in [3.63, 3.8) is 0 Å². The number of nitrogens with zero attached hydrogens (tertiary/aromatic N) is 3. The normalized spacial score (nSPS) is 19.7. The van der Waals surface area contributed by atoms with Crippen LogP contribution in [-0.4, -0.2) is 34.5 Å². The molecule has 1 aliphatic heterocycles. The van der Waals surface area contributed by atoms with E-state index in [1.807, 2.05) is 19.1 Å². The SMILES string of the molecule is Cc1nnc(N2CCCC2CO)c2ccccc12. The van der Waals surface area contributed by atoms with E-state index in [0.29, 0.717) is 0 Å². The first-order valence-electron chi connectivity index (χ1n) is 6.41. The molecule has 1 saturated heterocycles. The Hall–Kier alpha value is -1.68. The Morgan fingerprint density at radius 2 is 2.06 bits per heavy atom. The highest BCUT2D eigenvalue weighted by atomic mass is 16.3. The Kier molecular flexibility index (Phi) is 2.88. The van der Waals surface area contributed by atoms with Gasteiger partial charge in [0.05, 0.1) is 18.3 Å². The maximum Gasteiger partial charge on any atom is 0.159 e. The third-order valence-corrected chi connectivity index (χ3v) is 3.71. The summed E-state index contributed by atoms with van der Waals surface area (Å²) in [5, 5.41) is 20.3. The Morgan fingerprint density at radius 1 is 1.28 bits per heavy atom. The van der Waals surface area contributed by atoms with Gasteiger partial charge in [0.15, 0.2) is 5.82 Å². The lowest BCUT2D eigenvalue weighted by atomic mass is 10.1. The summed E-state index contributed by atoms with van der Waals surface area (Å²) in [6.07, 6.45) is 2.13. The molecule has 4 heteroatoms. The van der Waals surface area contributed by atoms with Gasteiger partial charge < -0.3 is 10.0 Å². The van der Waals surface area contributed by atoms with E-state index in [0.717, 1.165) is 41.7 Å². The zero-order chi connectivity index (χ0) is 12.5. The summed E-state index contributed by atoms with van der Waals surface area (Å²) >= 11 is 0. The largest absolute Gasteiger partial charge is 0.394 e. The monoisotopic (exact) mass is 243 g/mol. The summed E-state index contributed by atoms with van der Waals surface area (Å²) in [6, 6.07) is 8.39. The molecule has 94 valence electrons. The van der Waals surface area contributed by atoms with Crippen LogP contribution >= 0.6 is 0 Å². The van der Waals surface area contributed by atoms with Gasteiger partial charge >= 0.3 is 0 Å². The average molecular weight is 243 g/mol. The smallest absolute Gasteiger partial charge is 0.159 e. The van der Waals surface area contributed by atoms with Gasteiger partial charge in [-0.15, -0.1) is 5.10 Å². The van der Waals surface area contributed by atoms with Crippen LogP contribution in [0, 0.1) is 6.92 Å². The Balaban J connectivity index is 2.15. The first kappa shape index (κ1) is 11.4. The van der Waals surface area contributed by atoms with Gasteiger partial charge in [0.1, 0.15) is 0 Å². The minimum Gasteiger partial charge on any atom is -0.394 e. The van der Waals surface area contributed by atoms with Gasteiger partial charge in [-0.25, -0.2) is 0 Å². The first-order valence-corrected chi connectivity index (χ1v) is 6.41. The van der Waals surface area contributed by atoms with Crippen molar-refractivity contribution in [1.82, 2.24) is 10.2 Å². The maximum absolute atomic E-state index is 9.43. The molecule has 0 saturated carbocycles. The summed E-state index contributed by atoms with van der Waals surface area (Å²) in [4.78, 5) is 2.19. The molecule has 1 aromatic heterocycles. The molecule has 2 aromatic rings. The number of aliphatic hydroxyl groups is 1. The van der Waals surface area contributed by atoms with Gasteiger partial charge in [0.25, 0.3) is 0 Å². The van der Waals surface area contributed by atoms with Gasteiger partial charge in [0, 0.05) is 17.3 Å². The van der Waals surface area contributed by atoms with E-state index in [2.05, 4.69) is 27.2 Å². The van der Waals surface area contributed by atoms with Crippen LogP contribution in [0.5, 0.6) is 0 Å². The standard InChI is InChI=1S/C14H17N3O/c1-10-12-6-2-3-7-13(12)14(16-15-10)17-8-4-5-11(17)9-18/h2-3,6-7,11,18H,4-5,8-9H2,1H3. The lowest BCUT2D eigenvalue weighted by molar-refractivity contribution is 0.266. The molecule has 1 aliphatic rings. The lowest BCUT2D eigenvalue weighted by Crippen LogP contribution is -2.33. The summed E-state index contributed by atoms with van der Waals surface area (Å²) in [7, 11) is 0. The number of hydrogen-bond acceptors (Lipinski definition) is 4. The van der Waals surface area contributed by atoms with E-state index in [1.165, 1.54) is 0 Å². The molecule has 0 amide bonds. The average Bonchev–Trinajstić information content (AvgIpc) is 2.88. The maximum atomic E-state index is 9.43. The van der Waals surface area contributed by atoms with Gasteiger partial charge in [-0.05, 0) is 19.8 Å². The van der Waals surface area contributed by atoms with Crippen molar-refractivity contribution in [1.29, 1.82) is 0 Å². The fourth-order valence-electron chi connectivity index (χ4n) is 2.74. The third kappa shape index (κ3) is 1.73. The van der Waals surface area contributed by atoms with Crippen molar-refractivity contribution >= 4 is 16.6 Å². The highest BCUT2D eigenvalue weighted by molar-refractivity contribution is 5.93. The van der Waals surface area contributed by atoms with Crippen LogP contribution in [-0.2, 0) is 0 Å². The quantitative estimate of drug-likeness (QED) is 0.875. The summed E-state index contributed by atoms with van der Waals surface area (Å²) in [5.41, 5.74) is 0.953. The fourth-order valence-corrected chi connectivity index (χ4v) is 2.74. The first-order chi connectivity index (χ1) is 8.81. The number of aryl methyl sites for hydroxylation is 1. The van der Waals surface area contributed by atoms with Crippen molar-refractivity contribution in [2.24, 2.45) is 0 Å². The van der Waals surface area contributed by atoms with Crippen molar-refractivity contribution < 1.29 is 5.11 Å². The van der Waals surface area contributed by atoms with Gasteiger partial charge in [-0.2, -0.15) is 5.10 Å². The van der Waals surface area contributed by atoms with E-state index in [9.17, 15) is 5.11 Å². The molecule has 1 aromatic carbocycles. The number of benzene rings is 1. The van der Waals surface area contributed by atoms with E-state index >= 15 is 0 Å². The van der Waals surface area contributed by atoms with Crippen LogP contribution in [0.15, 0.2) is 24.3 Å². The Bertz CT molecular complexity index is 570. The van der Waals surface area contributed by atoms with Crippen LogP contribution < -0.4 is 4.90 Å². The molecule has 18 heavy (non-hydrogen) atoms. The topological polar surface area (TPSA) is 49.2 Å². The van der Waals surface area contributed by atoms with Crippen LogP contribution in [0.3, 0.4) is 0 Å². The second-order valence-corrected chi connectivity index (χ2v) is 4.83. The predicted molar refractivity (Wildman–Crippen MR) is 71.7 cm³/mol. The summed E-state index contributed by atoms with van der Waals surface area (Å²) in [5.74, 6) is 0.910. The van der Waals surface area contributed by atoms with Gasteiger partial charge in [0.2, 0.25) is 0 Å². The van der Waals surface area contributed by atoms with Crippen molar-refractivity contribution in [2.45, 2.75) is 25.8 Å². The number of anilines is 1. The molecule has 3 rings (SSSR count). The second kappa shape index (κ2) is 4.53. The molecule has 0 bridgehead atoms. The molecule has 0 radical (unpaired) electrons. The molecule has 1 unspecified atom stereocenters. The van der Waals surface area contributed by atoms with Crippen molar-refractivity contribution in [3.8, 4) is 0 Å². The fraction of sp³-hybridized carbons (Fsp3) is 0.429. The number of aliphatic hydroxyl groups excluding tert-OH is 1. The van der Waals surface area contributed by atoms with E-state index in [4.69, 9.17) is 0 Å². The molecule has 0 aliphatic carbocycles. The minimum absolute atomic E-state index is 0.184. The Morgan fingerprint density at radius 3 is 2.83 bits per heavy atom.